The van der Waals surface area contributed by atoms with Gasteiger partial charge in [-0.3, -0.25) is 9.69 Å². The van der Waals surface area contributed by atoms with Crippen molar-refractivity contribution < 1.29 is 13.9 Å². The van der Waals surface area contributed by atoms with E-state index in [4.69, 9.17) is 9.72 Å². The number of nitrogens with zero attached hydrogens (tertiary/aromatic N) is 3. The van der Waals surface area contributed by atoms with Crippen molar-refractivity contribution in [3.8, 4) is 5.75 Å². The molecule has 3 aromatic rings. The predicted molar refractivity (Wildman–Crippen MR) is 118 cm³/mol. The lowest BCUT2D eigenvalue weighted by molar-refractivity contribution is -0.117. The minimum absolute atomic E-state index is 0.0442. The van der Waals surface area contributed by atoms with Crippen molar-refractivity contribution in [2.24, 2.45) is 0 Å². The molecule has 0 fully saturated rings. The van der Waals surface area contributed by atoms with Crippen LogP contribution in [0.5, 0.6) is 5.75 Å². The van der Waals surface area contributed by atoms with E-state index in [1.165, 1.54) is 34.8 Å². The molecular weight excluding hydrogens is 421 g/mol. The number of thiazole rings is 2. The average Bonchev–Trinajstić information content (AvgIpc) is 3.38. The number of anilines is 1. The van der Waals surface area contributed by atoms with Crippen LogP contribution in [0.4, 0.5) is 9.52 Å². The molecule has 0 unspecified atom stereocenters. The molecule has 30 heavy (non-hydrogen) atoms. The molecule has 0 saturated carbocycles. The third-order valence-corrected chi connectivity index (χ3v) is 6.84. The summed E-state index contributed by atoms with van der Waals surface area (Å²) in [4.78, 5) is 25.2. The van der Waals surface area contributed by atoms with E-state index in [9.17, 15) is 9.18 Å². The monoisotopic (exact) mass is 443 g/mol. The molecule has 0 saturated heterocycles. The largest absolute Gasteiger partial charge is 0.486 e. The van der Waals surface area contributed by atoms with Crippen LogP contribution in [0.25, 0.3) is 0 Å². The first-order valence-electron chi connectivity index (χ1n) is 9.84. The Kier molecular flexibility index (Phi) is 6.54. The van der Waals surface area contributed by atoms with Crippen molar-refractivity contribution in [2.45, 2.75) is 38.7 Å². The minimum Gasteiger partial charge on any atom is -0.486 e. The molecule has 0 spiro atoms. The van der Waals surface area contributed by atoms with E-state index in [0.29, 0.717) is 18.0 Å². The summed E-state index contributed by atoms with van der Waals surface area (Å²) in [5, 5.41) is 3.39. The van der Waals surface area contributed by atoms with Gasteiger partial charge in [0.2, 0.25) is 5.91 Å². The molecule has 4 rings (SSSR count). The van der Waals surface area contributed by atoms with Crippen LogP contribution in [0.3, 0.4) is 0 Å². The highest BCUT2D eigenvalue weighted by Crippen LogP contribution is 2.32. The first-order chi connectivity index (χ1) is 14.6. The molecular formula is C22H22FN3O2S2. The topological polar surface area (TPSA) is 55.3 Å². The Bertz CT molecular complexity index is 1010. The van der Waals surface area contributed by atoms with Gasteiger partial charge in [0.1, 0.15) is 23.2 Å². The molecule has 5 nitrogen and oxygen atoms in total. The van der Waals surface area contributed by atoms with Crippen LogP contribution in [0.1, 0.15) is 34.1 Å². The molecule has 1 aliphatic carbocycles. The number of hydrogen-bond acceptors (Lipinski definition) is 6. The number of hydrogen-bond donors (Lipinski definition) is 0. The SMILES string of the molecule is C=CCN(C(=O)Cc1csc(COc2ccc(F)cc2)n1)c1nc2c(s1)CCCC2. The second-order valence-corrected chi connectivity index (χ2v) is 9.02. The molecule has 0 radical (unpaired) electrons. The van der Waals surface area contributed by atoms with Crippen LogP contribution in [0.15, 0.2) is 42.3 Å². The number of rotatable bonds is 8. The summed E-state index contributed by atoms with van der Waals surface area (Å²) in [7, 11) is 0. The first-order valence-corrected chi connectivity index (χ1v) is 11.5. The molecule has 8 heteroatoms. The summed E-state index contributed by atoms with van der Waals surface area (Å²) < 4.78 is 18.6. The van der Waals surface area contributed by atoms with E-state index in [2.05, 4.69) is 11.6 Å². The van der Waals surface area contributed by atoms with Crippen LogP contribution in [-0.2, 0) is 30.7 Å². The molecule has 0 bridgehead atoms. The lowest BCUT2D eigenvalue weighted by Gasteiger charge is -2.17. The number of carbonyl (C=O) groups is 1. The van der Waals surface area contributed by atoms with Crippen LogP contribution in [0.2, 0.25) is 0 Å². The van der Waals surface area contributed by atoms with Crippen molar-refractivity contribution in [3.05, 3.63) is 69.4 Å². The highest BCUT2D eigenvalue weighted by Gasteiger charge is 2.23. The normalized spacial score (nSPS) is 13.0. The average molecular weight is 444 g/mol. The molecule has 1 aromatic carbocycles. The molecule has 156 valence electrons. The van der Waals surface area contributed by atoms with Crippen molar-refractivity contribution in [3.63, 3.8) is 0 Å². The summed E-state index contributed by atoms with van der Waals surface area (Å²) in [6.45, 7) is 4.49. The molecule has 2 aromatic heterocycles. The summed E-state index contributed by atoms with van der Waals surface area (Å²) in [5.41, 5.74) is 1.84. The highest BCUT2D eigenvalue weighted by molar-refractivity contribution is 7.16. The van der Waals surface area contributed by atoms with Gasteiger partial charge < -0.3 is 4.74 Å². The van der Waals surface area contributed by atoms with E-state index < -0.39 is 0 Å². The van der Waals surface area contributed by atoms with Crippen LogP contribution in [-0.4, -0.2) is 22.4 Å². The van der Waals surface area contributed by atoms with E-state index >= 15 is 0 Å². The summed E-state index contributed by atoms with van der Waals surface area (Å²) in [6, 6.07) is 5.86. The third-order valence-electron chi connectivity index (χ3n) is 4.79. The van der Waals surface area contributed by atoms with Crippen molar-refractivity contribution in [1.82, 2.24) is 9.97 Å². The maximum atomic E-state index is 13.0. The summed E-state index contributed by atoms with van der Waals surface area (Å²) in [6.07, 6.45) is 6.31. The fourth-order valence-electron chi connectivity index (χ4n) is 3.29. The van der Waals surface area contributed by atoms with E-state index in [1.807, 2.05) is 5.38 Å². The Balaban J connectivity index is 1.39. The zero-order chi connectivity index (χ0) is 20.9. The van der Waals surface area contributed by atoms with Gasteiger partial charge in [0.05, 0.1) is 17.8 Å². The second kappa shape index (κ2) is 9.49. The molecule has 1 amide bonds. The maximum absolute atomic E-state index is 13.0. The maximum Gasteiger partial charge on any atom is 0.235 e. The van der Waals surface area contributed by atoms with Gasteiger partial charge in [-0.05, 0) is 49.9 Å². The summed E-state index contributed by atoms with van der Waals surface area (Å²) in [5.74, 6) is 0.231. The van der Waals surface area contributed by atoms with Gasteiger partial charge in [-0.25, -0.2) is 14.4 Å². The predicted octanol–water partition coefficient (Wildman–Crippen LogP) is 4.96. The third kappa shape index (κ3) is 4.94. The number of amides is 1. The highest BCUT2D eigenvalue weighted by atomic mass is 32.1. The lowest BCUT2D eigenvalue weighted by Crippen LogP contribution is -2.32. The van der Waals surface area contributed by atoms with Crippen molar-refractivity contribution in [2.75, 3.05) is 11.4 Å². The van der Waals surface area contributed by atoms with E-state index in [-0.39, 0.29) is 24.8 Å². The number of halogens is 1. The van der Waals surface area contributed by atoms with Gasteiger partial charge in [0.25, 0.3) is 0 Å². The molecule has 0 aliphatic heterocycles. The second-order valence-electron chi connectivity index (χ2n) is 7.02. The Morgan fingerprint density at radius 2 is 2.03 bits per heavy atom. The fourth-order valence-corrected chi connectivity index (χ4v) is 5.17. The number of fused-ring (bicyclic) bond motifs is 1. The van der Waals surface area contributed by atoms with E-state index in [1.54, 1.807) is 34.4 Å². The smallest absolute Gasteiger partial charge is 0.235 e. The van der Waals surface area contributed by atoms with Crippen LogP contribution >= 0.6 is 22.7 Å². The quantitative estimate of drug-likeness (QED) is 0.462. The number of carbonyl (C=O) groups excluding carboxylic acids is 1. The van der Waals surface area contributed by atoms with Gasteiger partial charge in [-0.2, -0.15) is 0 Å². The lowest BCUT2D eigenvalue weighted by atomic mass is 10.0. The van der Waals surface area contributed by atoms with Crippen molar-refractivity contribution in [1.29, 1.82) is 0 Å². The Hall–Kier alpha value is -2.58. The van der Waals surface area contributed by atoms with Gasteiger partial charge in [0, 0.05) is 16.8 Å². The molecule has 1 aliphatic rings. The van der Waals surface area contributed by atoms with Gasteiger partial charge in [-0.1, -0.05) is 6.08 Å². The number of aromatic nitrogens is 2. The zero-order valence-corrected chi connectivity index (χ0v) is 18.1. The Morgan fingerprint density at radius 3 is 2.80 bits per heavy atom. The van der Waals surface area contributed by atoms with Crippen LogP contribution in [0, 0.1) is 5.82 Å². The van der Waals surface area contributed by atoms with Crippen molar-refractivity contribution >= 4 is 33.7 Å². The Morgan fingerprint density at radius 1 is 1.23 bits per heavy atom. The van der Waals surface area contributed by atoms with Gasteiger partial charge in [-0.15, -0.1) is 29.3 Å². The minimum atomic E-state index is -0.303. The molecule has 0 N–H and O–H groups in total. The summed E-state index contributed by atoms with van der Waals surface area (Å²) >= 11 is 3.06. The van der Waals surface area contributed by atoms with E-state index in [0.717, 1.165) is 35.1 Å². The first kappa shape index (κ1) is 20.7. The Labute approximate surface area is 182 Å². The number of ether oxygens (including phenoxy) is 1. The van der Waals surface area contributed by atoms with Gasteiger partial charge >= 0.3 is 0 Å². The zero-order valence-electron chi connectivity index (χ0n) is 16.5. The fraction of sp³-hybridized carbons (Fsp3) is 0.318. The standard InChI is InChI=1S/C22H22FN3O2S2/c1-2-11-26(22-25-18-5-3-4-6-19(18)30-22)21(27)12-16-14-29-20(24-16)13-28-17-9-7-15(23)8-10-17/h2,7-10,14H,1,3-6,11-13H2. The number of aryl methyl sites for hydroxylation is 2. The molecule has 0 atom stereocenters. The van der Waals surface area contributed by atoms with Gasteiger partial charge in [0.15, 0.2) is 5.13 Å². The molecule has 2 heterocycles. The van der Waals surface area contributed by atoms with Crippen LogP contribution < -0.4 is 9.64 Å². The number of benzene rings is 1.